The number of anilines is 2. The number of esters is 1. The van der Waals surface area contributed by atoms with Gasteiger partial charge in [0.05, 0.1) is 11.9 Å². The van der Waals surface area contributed by atoms with Gasteiger partial charge in [0.15, 0.2) is 18.1 Å². The van der Waals surface area contributed by atoms with E-state index in [1.54, 1.807) is 43.3 Å². The van der Waals surface area contributed by atoms with Crippen molar-refractivity contribution in [1.82, 2.24) is 24.7 Å². The first-order valence-electron chi connectivity index (χ1n) is 9.81. The lowest BCUT2D eigenvalue weighted by Gasteiger charge is -2.12. The third-order valence-corrected chi connectivity index (χ3v) is 4.66. The van der Waals surface area contributed by atoms with Gasteiger partial charge < -0.3 is 15.4 Å². The number of aromatic nitrogens is 5. The molecule has 32 heavy (non-hydrogen) atoms. The van der Waals surface area contributed by atoms with Gasteiger partial charge in [-0.15, -0.1) is 0 Å². The van der Waals surface area contributed by atoms with E-state index in [1.807, 2.05) is 30.3 Å². The highest BCUT2D eigenvalue weighted by molar-refractivity contribution is 6.02. The number of ether oxygens (including phenoxy) is 1. The number of nitrogens with zero attached hydrogens (tertiary/aromatic N) is 6. The van der Waals surface area contributed by atoms with Crippen LogP contribution in [0, 0.1) is 0 Å². The molecule has 0 radical (unpaired) electrons. The predicted molar refractivity (Wildman–Crippen MR) is 119 cm³/mol. The number of hydrogen-bond donors (Lipinski definition) is 1. The van der Waals surface area contributed by atoms with Crippen LogP contribution in [0.15, 0.2) is 59.4 Å². The summed E-state index contributed by atoms with van der Waals surface area (Å²) >= 11 is 0. The van der Waals surface area contributed by atoms with Crippen molar-refractivity contribution in [2.24, 2.45) is 0 Å². The Morgan fingerprint density at radius 3 is 2.41 bits per heavy atom. The number of benzene rings is 2. The molecule has 0 atom stereocenters. The van der Waals surface area contributed by atoms with Crippen LogP contribution < -0.4 is 16.2 Å². The fourth-order valence-electron chi connectivity index (χ4n) is 3.14. The molecule has 0 saturated carbocycles. The minimum absolute atomic E-state index is 0.0229. The smallest absolute Gasteiger partial charge is 0.359 e. The largest absolute Gasteiger partial charge is 0.453 e. The molecular weight excluding hydrogens is 410 g/mol. The second-order valence-corrected chi connectivity index (χ2v) is 7.22. The number of fused-ring (bicyclic) bond motifs is 1. The third kappa shape index (κ3) is 4.38. The quantitative estimate of drug-likeness (QED) is 0.453. The van der Waals surface area contributed by atoms with Gasteiger partial charge in [-0.05, 0) is 11.6 Å². The number of hydrogen-bond acceptors (Lipinski definition) is 9. The minimum atomic E-state index is -0.701. The van der Waals surface area contributed by atoms with Crippen LogP contribution in [0.3, 0.4) is 0 Å². The van der Waals surface area contributed by atoms with Crippen molar-refractivity contribution < 1.29 is 9.53 Å². The second kappa shape index (κ2) is 8.80. The molecule has 10 heteroatoms. The topological polar surface area (TPSA) is 129 Å². The molecule has 2 aromatic heterocycles. The van der Waals surface area contributed by atoms with Crippen LogP contribution in [-0.4, -0.2) is 44.8 Å². The van der Waals surface area contributed by atoms with Gasteiger partial charge in [-0.25, -0.2) is 9.48 Å². The van der Waals surface area contributed by atoms with Gasteiger partial charge in [-0.1, -0.05) is 48.5 Å². The van der Waals surface area contributed by atoms with E-state index in [-0.39, 0.29) is 36.2 Å². The zero-order valence-corrected chi connectivity index (χ0v) is 17.6. The summed E-state index contributed by atoms with van der Waals surface area (Å²) in [5.41, 5.74) is 6.35. The first-order chi connectivity index (χ1) is 15.4. The van der Waals surface area contributed by atoms with E-state index in [0.717, 1.165) is 5.56 Å². The maximum Gasteiger partial charge on any atom is 0.359 e. The Bertz CT molecular complexity index is 1340. The summed E-state index contributed by atoms with van der Waals surface area (Å²) in [7, 11) is 3.52. The zero-order chi connectivity index (χ0) is 22.7. The van der Waals surface area contributed by atoms with Crippen molar-refractivity contribution in [2.45, 2.75) is 13.2 Å². The van der Waals surface area contributed by atoms with Gasteiger partial charge in [0.25, 0.3) is 5.56 Å². The van der Waals surface area contributed by atoms with Crippen molar-refractivity contribution >= 4 is 28.6 Å². The molecule has 162 valence electrons. The molecule has 0 aliphatic rings. The molecule has 2 N–H and O–H groups in total. The Hall–Kier alpha value is -4.34. The standard InChI is InChI=1S/C22H21N7O3/c1-28(2)22-25-17(24-21(23)26-22)13-32-20(31)18-15-10-6-7-11-16(15)19(30)29(27-18)12-14-8-4-3-5-9-14/h3-11H,12-13H2,1-2H3,(H2,23,24,25,26). The third-order valence-electron chi connectivity index (χ3n) is 4.66. The van der Waals surface area contributed by atoms with Crippen LogP contribution in [0.5, 0.6) is 0 Å². The van der Waals surface area contributed by atoms with Gasteiger partial charge >= 0.3 is 5.97 Å². The molecule has 0 bridgehead atoms. The van der Waals surface area contributed by atoms with Gasteiger partial charge in [-0.3, -0.25) is 4.79 Å². The first-order valence-corrected chi connectivity index (χ1v) is 9.81. The van der Waals surface area contributed by atoms with Crippen LogP contribution in [0.2, 0.25) is 0 Å². The molecule has 0 fully saturated rings. The van der Waals surface area contributed by atoms with Crippen LogP contribution in [0.4, 0.5) is 11.9 Å². The summed E-state index contributed by atoms with van der Waals surface area (Å²) in [5, 5.41) is 5.11. The van der Waals surface area contributed by atoms with E-state index in [9.17, 15) is 9.59 Å². The first kappa shape index (κ1) is 20.9. The predicted octanol–water partition coefficient (Wildman–Crippen LogP) is 1.63. The summed E-state index contributed by atoms with van der Waals surface area (Å²) in [6.07, 6.45) is 0. The van der Waals surface area contributed by atoms with Crippen LogP contribution in [-0.2, 0) is 17.9 Å². The molecule has 10 nitrogen and oxygen atoms in total. The molecule has 4 rings (SSSR count). The number of nitrogen functional groups attached to an aromatic ring is 1. The average molecular weight is 431 g/mol. The van der Waals surface area contributed by atoms with Crippen molar-refractivity contribution in [1.29, 1.82) is 0 Å². The minimum Gasteiger partial charge on any atom is -0.453 e. The normalized spacial score (nSPS) is 10.8. The lowest BCUT2D eigenvalue weighted by atomic mass is 10.1. The number of rotatable bonds is 6. The van der Waals surface area contributed by atoms with E-state index in [4.69, 9.17) is 10.5 Å². The highest BCUT2D eigenvalue weighted by Crippen LogP contribution is 2.16. The fourth-order valence-corrected chi connectivity index (χ4v) is 3.14. The summed E-state index contributed by atoms with van der Waals surface area (Å²) in [4.78, 5) is 39.8. The number of nitrogens with two attached hydrogens (primary N) is 1. The number of carbonyl (C=O) groups is 1. The lowest BCUT2D eigenvalue weighted by Crippen LogP contribution is -2.27. The molecule has 0 aliphatic carbocycles. The Kier molecular flexibility index (Phi) is 5.75. The van der Waals surface area contributed by atoms with Gasteiger partial charge in [-0.2, -0.15) is 20.1 Å². The summed E-state index contributed by atoms with van der Waals surface area (Å²) < 4.78 is 6.68. The van der Waals surface area contributed by atoms with E-state index in [1.165, 1.54) is 4.68 Å². The fraction of sp³-hybridized carbons (Fsp3) is 0.182. The lowest BCUT2D eigenvalue weighted by molar-refractivity contribution is 0.0455. The van der Waals surface area contributed by atoms with Crippen molar-refractivity contribution in [3.63, 3.8) is 0 Å². The maximum atomic E-state index is 12.9. The van der Waals surface area contributed by atoms with Crippen molar-refractivity contribution in [2.75, 3.05) is 24.7 Å². The van der Waals surface area contributed by atoms with Crippen LogP contribution >= 0.6 is 0 Å². The maximum absolute atomic E-state index is 12.9. The van der Waals surface area contributed by atoms with Gasteiger partial charge in [0.1, 0.15) is 0 Å². The van der Waals surface area contributed by atoms with Gasteiger partial charge in [0.2, 0.25) is 11.9 Å². The van der Waals surface area contributed by atoms with Crippen LogP contribution in [0.1, 0.15) is 21.9 Å². The molecule has 4 aromatic rings. The molecule has 0 saturated heterocycles. The summed E-state index contributed by atoms with van der Waals surface area (Å²) in [5.74, 6) is -0.122. The van der Waals surface area contributed by atoms with Crippen molar-refractivity contribution in [3.8, 4) is 0 Å². The Morgan fingerprint density at radius 1 is 1.00 bits per heavy atom. The van der Waals surface area contributed by atoms with E-state index in [2.05, 4.69) is 20.1 Å². The summed E-state index contributed by atoms with van der Waals surface area (Å²) in [6.45, 7) is 0.00118. The highest BCUT2D eigenvalue weighted by atomic mass is 16.5. The average Bonchev–Trinajstić information content (AvgIpc) is 2.79. The molecule has 0 unspecified atom stereocenters. The Balaban J connectivity index is 1.66. The molecule has 0 amide bonds. The van der Waals surface area contributed by atoms with Crippen molar-refractivity contribution in [3.05, 3.63) is 82.0 Å². The highest BCUT2D eigenvalue weighted by Gasteiger charge is 2.19. The molecular formula is C22H21N7O3. The molecule has 2 heterocycles. The van der Waals surface area contributed by atoms with E-state index >= 15 is 0 Å². The number of carbonyl (C=O) groups excluding carboxylic acids is 1. The monoisotopic (exact) mass is 431 g/mol. The molecule has 0 spiro atoms. The molecule has 2 aromatic carbocycles. The van der Waals surface area contributed by atoms with E-state index < -0.39 is 5.97 Å². The van der Waals surface area contributed by atoms with Gasteiger partial charge in [0, 0.05) is 19.5 Å². The zero-order valence-electron chi connectivity index (χ0n) is 17.6. The Morgan fingerprint density at radius 2 is 1.69 bits per heavy atom. The second-order valence-electron chi connectivity index (χ2n) is 7.22. The van der Waals surface area contributed by atoms with E-state index in [0.29, 0.717) is 16.7 Å². The van der Waals surface area contributed by atoms with Crippen LogP contribution in [0.25, 0.3) is 10.8 Å². The molecule has 0 aliphatic heterocycles. The summed E-state index contributed by atoms with van der Waals surface area (Å²) in [6, 6.07) is 16.2. The Labute approximate surface area is 183 Å². The SMILES string of the molecule is CN(C)c1nc(N)nc(COC(=O)c2nn(Cc3ccccc3)c(=O)c3ccccc23)n1.